The Hall–Kier alpha value is -3.52. The van der Waals surface area contributed by atoms with Crippen molar-refractivity contribution in [1.29, 1.82) is 0 Å². The van der Waals surface area contributed by atoms with E-state index < -0.39 is 0 Å². The van der Waals surface area contributed by atoms with E-state index in [9.17, 15) is 5.11 Å². The summed E-state index contributed by atoms with van der Waals surface area (Å²) < 4.78 is 5.92. The highest BCUT2D eigenvalue weighted by atomic mass is 16.3. The molecule has 0 unspecified atom stereocenters. The van der Waals surface area contributed by atoms with Crippen LogP contribution < -0.4 is 0 Å². The molecule has 1 heterocycles. The fraction of sp³-hybridized carbons (Fsp3) is 0. The van der Waals surface area contributed by atoms with Gasteiger partial charge >= 0.3 is 0 Å². The highest BCUT2D eigenvalue weighted by Crippen LogP contribution is 2.36. The van der Waals surface area contributed by atoms with Gasteiger partial charge in [0.2, 0.25) is 0 Å². The fourth-order valence-corrected chi connectivity index (χ4v) is 3.47. The van der Waals surface area contributed by atoms with Crippen LogP contribution in [0.5, 0.6) is 5.75 Å². The molecular weight excluding hydrogens is 320 g/mol. The third-order valence-corrected chi connectivity index (χ3v) is 4.79. The van der Waals surface area contributed by atoms with Crippen molar-refractivity contribution in [2.24, 2.45) is 0 Å². The Morgan fingerprint density at radius 1 is 0.538 bits per heavy atom. The number of aromatic hydroxyl groups is 1. The van der Waals surface area contributed by atoms with E-state index >= 15 is 0 Å². The van der Waals surface area contributed by atoms with Gasteiger partial charge in [0, 0.05) is 16.3 Å². The number of furan rings is 1. The van der Waals surface area contributed by atoms with Crippen LogP contribution in [0.2, 0.25) is 0 Å². The predicted molar refractivity (Wildman–Crippen MR) is 106 cm³/mol. The van der Waals surface area contributed by atoms with E-state index in [-0.39, 0.29) is 5.75 Å². The molecule has 2 heteroatoms. The minimum absolute atomic E-state index is 0.287. The zero-order valence-corrected chi connectivity index (χ0v) is 14.0. The Morgan fingerprint density at radius 2 is 1.23 bits per heavy atom. The van der Waals surface area contributed by atoms with Crippen LogP contribution in [-0.2, 0) is 0 Å². The molecule has 2 nitrogen and oxygen atoms in total. The normalized spacial score (nSPS) is 11.2. The molecule has 0 bridgehead atoms. The second kappa shape index (κ2) is 5.78. The van der Waals surface area contributed by atoms with Gasteiger partial charge in [0.25, 0.3) is 0 Å². The zero-order valence-electron chi connectivity index (χ0n) is 14.0. The Bertz CT molecular complexity index is 1230. The SMILES string of the molecule is Oc1ccc(-c2ccc3oc4ccccc4c3c2)cc1-c1ccccc1. The molecule has 1 N–H and O–H groups in total. The molecule has 0 saturated carbocycles. The topological polar surface area (TPSA) is 33.4 Å². The lowest BCUT2D eigenvalue weighted by atomic mass is 9.97. The lowest BCUT2D eigenvalue weighted by Crippen LogP contribution is -1.83. The van der Waals surface area contributed by atoms with Gasteiger partial charge in [-0.2, -0.15) is 0 Å². The average molecular weight is 336 g/mol. The van der Waals surface area contributed by atoms with Crippen molar-refractivity contribution in [3.63, 3.8) is 0 Å². The van der Waals surface area contributed by atoms with Crippen molar-refractivity contribution in [2.45, 2.75) is 0 Å². The summed E-state index contributed by atoms with van der Waals surface area (Å²) >= 11 is 0. The summed E-state index contributed by atoms with van der Waals surface area (Å²) in [6.45, 7) is 0. The van der Waals surface area contributed by atoms with Gasteiger partial charge in [-0.3, -0.25) is 0 Å². The molecule has 0 aliphatic rings. The summed E-state index contributed by atoms with van der Waals surface area (Å²) in [6, 6.07) is 30.0. The maximum Gasteiger partial charge on any atom is 0.135 e. The van der Waals surface area contributed by atoms with E-state index in [2.05, 4.69) is 18.2 Å². The molecule has 0 saturated heterocycles. The van der Waals surface area contributed by atoms with E-state index in [4.69, 9.17) is 4.42 Å². The fourth-order valence-electron chi connectivity index (χ4n) is 3.47. The highest BCUT2D eigenvalue weighted by Gasteiger charge is 2.10. The molecule has 0 radical (unpaired) electrons. The van der Waals surface area contributed by atoms with Gasteiger partial charge in [-0.05, 0) is 47.0 Å². The smallest absolute Gasteiger partial charge is 0.135 e. The molecule has 0 fully saturated rings. The molecule has 0 aliphatic heterocycles. The summed E-state index contributed by atoms with van der Waals surface area (Å²) in [7, 11) is 0. The molecule has 5 aromatic rings. The van der Waals surface area contributed by atoms with E-state index in [1.807, 2.05) is 66.7 Å². The number of para-hydroxylation sites is 1. The largest absolute Gasteiger partial charge is 0.507 e. The molecule has 124 valence electrons. The Kier molecular flexibility index (Phi) is 3.29. The number of hydrogen-bond acceptors (Lipinski definition) is 2. The average Bonchev–Trinajstić information content (AvgIpc) is 3.07. The Labute approximate surface area is 150 Å². The van der Waals surface area contributed by atoms with Gasteiger partial charge in [0.15, 0.2) is 0 Å². The first-order valence-electron chi connectivity index (χ1n) is 8.60. The van der Waals surface area contributed by atoms with Crippen molar-refractivity contribution in [3.8, 4) is 28.0 Å². The number of fused-ring (bicyclic) bond motifs is 3. The molecule has 0 spiro atoms. The van der Waals surface area contributed by atoms with Crippen LogP contribution in [-0.4, -0.2) is 5.11 Å². The summed E-state index contributed by atoms with van der Waals surface area (Å²) in [5.41, 5.74) is 5.78. The van der Waals surface area contributed by atoms with Crippen LogP contribution in [0.25, 0.3) is 44.2 Å². The lowest BCUT2D eigenvalue weighted by molar-refractivity contribution is 0.477. The van der Waals surface area contributed by atoms with Crippen LogP contribution in [0.3, 0.4) is 0 Å². The zero-order chi connectivity index (χ0) is 17.5. The minimum Gasteiger partial charge on any atom is -0.507 e. The third-order valence-electron chi connectivity index (χ3n) is 4.79. The summed E-state index contributed by atoms with van der Waals surface area (Å²) in [5, 5.41) is 12.5. The summed E-state index contributed by atoms with van der Waals surface area (Å²) in [6.07, 6.45) is 0. The number of phenols is 1. The molecule has 1 aromatic heterocycles. The number of phenolic OH excluding ortho intramolecular Hbond substituents is 1. The van der Waals surface area contributed by atoms with Crippen LogP contribution in [0.1, 0.15) is 0 Å². The van der Waals surface area contributed by atoms with Gasteiger partial charge in [0.05, 0.1) is 0 Å². The molecule has 0 atom stereocenters. The highest BCUT2D eigenvalue weighted by molar-refractivity contribution is 6.06. The van der Waals surface area contributed by atoms with Gasteiger partial charge in [-0.25, -0.2) is 0 Å². The van der Waals surface area contributed by atoms with Crippen LogP contribution in [0.4, 0.5) is 0 Å². The molecule has 4 aromatic carbocycles. The van der Waals surface area contributed by atoms with Crippen molar-refractivity contribution in [3.05, 3.63) is 91.0 Å². The molecule has 0 amide bonds. The first-order chi connectivity index (χ1) is 12.8. The van der Waals surface area contributed by atoms with Gasteiger partial charge < -0.3 is 9.52 Å². The van der Waals surface area contributed by atoms with Crippen LogP contribution in [0, 0.1) is 0 Å². The van der Waals surface area contributed by atoms with E-state index in [1.54, 1.807) is 6.07 Å². The molecular formula is C24H16O2. The van der Waals surface area contributed by atoms with Crippen LogP contribution >= 0.6 is 0 Å². The number of rotatable bonds is 2. The number of hydrogen-bond donors (Lipinski definition) is 1. The Morgan fingerprint density at radius 3 is 2.12 bits per heavy atom. The summed E-state index contributed by atoms with van der Waals surface area (Å²) in [5.74, 6) is 0.287. The standard InChI is InChI=1S/C24H16O2/c25-22-12-10-17(14-20(22)16-6-2-1-3-7-16)18-11-13-24-21(15-18)19-8-4-5-9-23(19)26-24/h1-15,25H. The summed E-state index contributed by atoms with van der Waals surface area (Å²) in [4.78, 5) is 0. The third kappa shape index (κ3) is 2.35. The minimum atomic E-state index is 0.287. The predicted octanol–water partition coefficient (Wildman–Crippen LogP) is 6.63. The van der Waals surface area contributed by atoms with Crippen molar-refractivity contribution < 1.29 is 9.52 Å². The second-order valence-electron chi connectivity index (χ2n) is 6.41. The lowest BCUT2D eigenvalue weighted by Gasteiger charge is -2.09. The number of benzene rings is 4. The first kappa shape index (κ1) is 14.8. The second-order valence-corrected chi connectivity index (χ2v) is 6.41. The van der Waals surface area contributed by atoms with Crippen LogP contribution in [0.15, 0.2) is 95.4 Å². The first-order valence-corrected chi connectivity index (χ1v) is 8.60. The van der Waals surface area contributed by atoms with E-state index in [1.165, 1.54) is 0 Å². The van der Waals surface area contributed by atoms with E-state index in [0.29, 0.717) is 0 Å². The maximum atomic E-state index is 10.3. The maximum absolute atomic E-state index is 10.3. The van der Waals surface area contributed by atoms with Crippen molar-refractivity contribution in [1.82, 2.24) is 0 Å². The van der Waals surface area contributed by atoms with Crippen molar-refractivity contribution in [2.75, 3.05) is 0 Å². The Balaban J connectivity index is 1.69. The monoisotopic (exact) mass is 336 g/mol. The quantitative estimate of drug-likeness (QED) is 0.393. The molecule has 5 rings (SSSR count). The van der Waals surface area contributed by atoms with E-state index in [0.717, 1.165) is 44.2 Å². The molecule has 0 aliphatic carbocycles. The van der Waals surface area contributed by atoms with Gasteiger partial charge in [0.1, 0.15) is 16.9 Å². The van der Waals surface area contributed by atoms with Gasteiger partial charge in [-0.1, -0.05) is 60.7 Å². The van der Waals surface area contributed by atoms with Crippen molar-refractivity contribution >= 4 is 21.9 Å². The van der Waals surface area contributed by atoms with Gasteiger partial charge in [-0.15, -0.1) is 0 Å². The molecule has 26 heavy (non-hydrogen) atoms.